The summed E-state index contributed by atoms with van der Waals surface area (Å²) in [6, 6.07) is -0.764. The van der Waals surface area contributed by atoms with Gasteiger partial charge < -0.3 is 19.8 Å². The van der Waals surface area contributed by atoms with Gasteiger partial charge in [0.1, 0.15) is 13.2 Å². The first-order chi connectivity index (χ1) is 42.5. The van der Waals surface area contributed by atoms with Crippen molar-refractivity contribution in [3.05, 3.63) is 60.8 Å². The van der Waals surface area contributed by atoms with Gasteiger partial charge in [-0.15, -0.1) is 0 Å². The number of carbonyl (C=O) groups is 1. The summed E-state index contributed by atoms with van der Waals surface area (Å²) in [5.74, 6) is -0.138. The highest BCUT2D eigenvalue weighted by Gasteiger charge is 2.28. The van der Waals surface area contributed by atoms with E-state index in [0.717, 1.165) is 70.6 Å². The van der Waals surface area contributed by atoms with Crippen molar-refractivity contribution in [1.82, 2.24) is 5.32 Å². The largest absolute Gasteiger partial charge is 0.472 e. The van der Waals surface area contributed by atoms with Crippen LogP contribution in [0.5, 0.6) is 0 Å². The zero-order valence-corrected chi connectivity index (χ0v) is 59.7. The van der Waals surface area contributed by atoms with Crippen molar-refractivity contribution < 1.29 is 32.9 Å². The number of nitrogens with one attached hydrogen (secondary N) is 1. The van der Waals surface area contributed by atoms with Crippen molar-refractivity contribution in [2.24, 2.45) is 0 Å². The van der Waals surface area contributed by atoms with E-state index in [1.807, 2.05) is 21.1 Å². The molecule has 0 aromatic rings. The number of phosphoric ester groups is 1. The zero-order valence-electron chi connectivity index (χ0n) is 58.8. The number of likely N-dealkylation sites (N-methyl/N-ethyl adjacent to an activating group) is 1. The van der Waals surface area contributed by atoms with Crippen LogP contribution in [-0.2, 0) is 18.4 Å². The summed E-state index contributed by atoms with van der Waals surface area (Å²) in [6.45, 7) is 4.83. The summed E-state index contributed by atoms with van der Waals surface area (Å²) >= 11 is 0. The van der Waals surface area contributed by atoms with E-state index in [-0.39, 0.29) is 19.1 Å². The fourth-order valence-electron chi connectivity index (χ4n) is 11.7. The van der Waals surface area contributed by atoms with Crippen LogP contribution < -0.4 is 5.32 Å². The number of carbonyl (C=O) groups excluding carboxylic acids is 1. The van der Waals surface area contributed by atoms with E-state index >= 15 is 0 Å². The molecule has 0 aliphatic carbocycles. The van der Waals surface area contributed by atoms with Crippen molar-refractivity contribution in [1.29, 1.82) is 0 Å². The Balaban J connectivity index is 3.97. The smallest absolute Gasteiger partial charge is 0.391 e. The Bertz CT molecular complexity index is 1600. The Morgan fingerprint density at radius 2 is 0.690 bits per heavy atom. The summed E-state index contributed by atoms with van der Waals surface area (Å²) in [6.07, 6.45) is 94.9. The third-order valence-corrected chi connectivity index (χ3v) is 18.5. The molecule has 0 saturated carbocycles. The lowest BCUT2D eigenvalue weighted by atomic mass is 10.0. The Kier molecular flexibility index (Phi) is 67.1. The van der Waals surface area contributed by atoms with Gasteiger partial charge in [-0.2, -0.15) is 0 Å². The molecule has 87 heavy (non-hydrogen) atoms. The molecule has 9 heteroatoms. The molecule has 1 amide bonds. The monoisotopic (exact) mass is 1240 g/mol. The van der Waals surface area contributed by atoms with E-state index < -0.39 is 20.0 Å². The molecule has 0 aromatic carbocycles. The number of amides is 1. The number of aliphatic hydroxyl groups is 1. The summed E-state index contributed by atoms with van der Waals surface area (Å²) in [4.78, 5) is 23.5. The molecule has 3 atom stereocenters. The first kappa shape index (κ1) is 85.2. The van der Waals surface area contributed by atoms with E-state index in [2.05, 4.69) is 79.9 Å². The molecule has 0 bridgehead atoms. The number of unbranched alkanes of at least 4 members (excludes halogenated alkanes) is 48. The van der Waals surface area contributed by atoms with Gasteiger partial charge in [-0.1, -0.05) is 376 Å². The van der Waals surface area contributed by atoms with Crippen LogP contribution in [0, 0.1) is 0 Å². The fourth-order valence-corrected chi connectivity index (χ4v) is 12.4. The zero-order chi connectivity index (χ0) is 63.4. The second-order valence-electron chi connectivity index (χ2n) is 27.4. The van der Waals surface area contributed by atoms with Gasteiger partial charge in [0.05, 0.1) is 39.9 Å². The van der Waals surface area contributed by atoms with Crippen LogP contribution in [0.3, 0.4) is 0 Å². The Labute approximate surface area is 542 Å². The van der Waals surface area contributed by atoms with Crippen molar-refractivity contribution in [2.75, 3.05) is 40.9 Å². The summed E-state index contributed by atoms with van der Waals surface area (Å²) in [7, 11) is 1.63. The molecule has 8 nitrogen and oxygen atoms in total. The van der Waals surface area contributed by atoms with Crippen molar-refractivity contribution in [3.8, 4) is 0 Å². The number of nitrogens with zero attached hydrogens (tertiary/aromatic N) is 1. The molecular weight excluding hydrogens is 1090 g/mol. The lowest BCUT2D eigenvalue weighted by Crippen LogP contribution is -2.46. The minimum absolute atomic E-state index is 0.0752. The number of rotatable bonds is 71. The maximum atomic E-state index is 13.1. The predicted octanol–water partition coefficient (Wildman–Crippen LogP) is 24.7. The van der Waals surface area contributed by atoms with E-state index in [9.17, 15) is 19.4 Å². The lowest BCUT2D eigenvalue weighted by Gasteiger charge is -2.26. The summed E-state index contributed by atoms with van der Waals surface area (Å²) < 4.78 is 23.9. The van der Waals surface area contributed by atoms with Crippen LogP contribution in [0.15, 0.2) is 60.8 Å². The van der Waals surface area contributed by atoms with Crippen LogP contribution in [-0.4, -0.2) is 73.4 Å². The van der Waals surface area contributed by atoms with Gasteiger partial charge in [-0.3, -0.25) is 13.8 Å². The minimum atomic E-state index is -4.33. The van der Waals surface area contributed by atoms with E-state index in [4.69, 9.17) is 9.05 Å². The van der Waals surface area contributed by atoms with Crippen LogP contribution in [0.25, 0.3) is 0 Å². The Morgan fingerprint density at radius 3 is 1.01 bits per heavy atom. The van der Waals surface area contributed by atoms with Gasteiger partial charge >= 0.3 is 7.82 Å². The third-order valence-electron chi connectivity index (χ3n) is 17.5. The van der Waals surface area contributed by atoms with Crippen LogP contribution in [0.1, 0.15) is 380 Å². The van der Waals surface area contributed by atoms with Crippen molar-refractivity contribution in [3.63, 3.8) is 0 Å². The Hall–Kier alpha value is -1.80. The topological polar surface area (TPSA) is 105 Å². The van der Waals surface area contributed by atoms with E-state index in [0.29, 0.717) is 23.9 Å². The molecule has 0 aliphatic heterocycles. The van der Waals surface area contributed by atoms with Gasteiger partial charge in [0, 0.05) is 6.42 Å². The first-order valence-electron chi connectivity index (χ1n) is 38.2. The van der Waals surface area contributed by atoms with Crippen molar-refractivity contribution >= 4 is 13.7 Å². The van der Waals surface area contributed by atoms with Gasteiger partial charge in [0.2, 0.25) is 5.91 Å². The predicted molar refractivity (Wildman–Crippen MR) is 383 cm³/mol. The molecule has 0 aromatic heterocycles. The second-order valence-corrected chi connectivity index (χ2v) is 28.8. The quantitative estimate of drug-likeness (QED) is 0.0243. The van der Waals surface area contributed by atoms with E-state index in [1.54, 1.807) is 0 Å². The molecule has 0 aliphatic rings. The number of aliphatic hydroxyl groups excluding tert-OH is 1. The highest BCUT2D eigenvalue weighted by molar-refractivity contribution is 7.47. The molecule has 3 unspecified atom stereocenters. The SMILES string of the molecule is CC/C=C\C/C=C\C/C=C\C/C=C\C/C=C\CCCCCCCCCCCCCCCCCCCC(=O)NC(COP(=O)(O)OCC[N+](C)(C)C)C(O)CCCCCCCCCCCCCCCCCCCCCCCCCCCCCCCCCC. The second kappa shape index (κ2) is 68.6. The third kappa shape index (κ3) is 71.5. The number of quaternary nitrogens is 1. The molecule has 512 valence electrons. The average Bonchev–Trinajstić information content (AvgIpc) is 3.71. The number of hydrogen-bond acceptors (Lipinski definition) is 5. The van der Waals surface area contributed by atoms with Crippen molar-refractivity contribution in [2.45, 2.75) is 392 Å². The highest BCUT2D eigenvalue weighted by atomic mass is 31.2. The van der Waals surface area contributed by atoms with Crippen LogP contribution >= 0.6 is 7.82 Å². The summed E-state index contributed by atoms with van der Waals surface area (Å²) in [5.41, 5.74) is 0. The van der Waals surface area contributed by atoms with Gasteiger partial charge in [0.25, 0.3) is 0 Å². The first-order valence-corrected chi connectivity index (χ1v) is 39.6. The summed E-state index contributed by atoms with van der Waals surface area (Å²) in [5, 5.41) is 14.2. The average molecular weight is 1240 g/mol. The van der Waals surface area contributed by atoms with Crippen LogP contribution in [0.2, 0.25) is 0 Å². The molecule has 0 radical (unpaired) electrons. The van der Waals surface area contributed by atoms with Gasteiger partial charge in [-0.05, 0) is 57.8 Å². The van der Waals surface area contributed by atoms with E-state index in [1.165, 1.54) is 283 Å². The normalized spacial score (nSPS) is 13.9. The molecule has 0 spiro atoms. The molecule has 3 N–H and O–H groups in total. The van der Waals surface area contributed by atoms with Gasteiger partial charge in [-0.25, -0.2) is 4.57 Å². The maximum Gasteiger partial charge on any atom is 0.472 e. The maximum absolute atomic E-state index is 13.1. The molecular formula is C78H150N2O6P+. The molecule has 0 heterocycles. The van der Waals surface area contributed by atoms with Crippen LogP contribution in [0.4, 0.5) is 0 Å². The Morgan fingerprint density at radius 1 is 0.402 bits per heavy atom. The van der Waals surface area contributed by atoms with Gasteiger partial charge in [0.15, 0.2) is 0 Å². The highest BCUT2D eigenvalue weighted by Crippen LogP contribution is 2.43. The minimum Gasteiger partial charge on any atom is -0.391 e. The fraction of sp³-hybridized carbons (Fsp3) is 0.859. The standard InChI is InChI=1S/C78H149N2O6P/c1-6-8-10-12-14-16-18-20-22-24-26-28-30-32-34-36-38-40-42-44-46-48-50-52-54-56-58-60-62-64-66-68-70-72-78(82)79-76(75-86-87(83,84)85-74-73-80(3,4)5)77(81)71-69-67-65-63-61-59-57-55-53-51-49-47-45-43-41-39-37-35-33-31-29-27-25-23-21-19-17-15-13-11-9-7-2/h8,10,14,16,20,22,26,28,32,34,76-77,81H,6-7,9,11-13,15,17-19,21,23-25,27,29-31,33,35-75H2,1-5H3,(H-,79,82,83,84)/p+1/b10-8-,16-14-,22-20-,28-26-,34-32-. The number of hydrogen-bond donors (Lipinski definition) is 3. The molecule has 0 fully saturated rings. The number of allylic oxidation sites excluding steroid dienone is 10. The molecule has 0 saturated heterocycles. The lowest BCUT2D eigenvalue weighted by molar-refractivity contribution is -0.870. The number of phosphoric acid groups is 1. The molecule has 0 rings (SSSR count).